The van der Waals surface area contributed by atoms with E-state index in [1.54, 1.807) is 6.92 Å². The first-order valence-corrected chi connectivity index (χ1v) is 8.59. The number of benzene rings is 2. The van der Waals surface area contributed by atoms with Gasteiger partial charge >= 0.3 is 6.03 Å². The van der Waals surface area contributed by atoms with Crippen molar-refractivity contribution in [3.05, 3.63) is 76.0 Å². The molecule has 134 valence electrons. The zero-order chi connectivity index (χ0) is 18.8. The van der Waals surface area contributed by atoms with E-state index in [0.717, 1.165) is 22.3 Å². The summed E-state index contributed by atoms with van der Waals surface area (Å²) in [5.74, 6) is -0.231. The molecular formula is C21H23N3O2. The number of nitrogens with one attached hydrogen (secondary N) is 3. The van der Waals surface area contributed by atoms with Crippen LogP contribution in [0.1, 0.15) is 35.2 Å². The SMILES string of the molecule is CC1=C(C(=O)Nc2ccccc2)C(c2c(C)cc(C)cc2C)NC(=O)N1. The quantitative estimate of drug-likeness (QED) is 0.787. The van der Waals surface area contributed by atoms with Crippen LogP contribution in [0.3, 0.4) is 0 Å². The summed E-state index contributed by atoms with van der Waals surface area (Å²) in [4.78, 5) is 25.1. The number of para-hydroxylation sites is 1. The van der Waals surface area contributed by atoms with Gasteiger partial charge in [0.2, 0.25) is 0 Å². The zero-order valence-electron chi connectivity index (χ0n) is 15.4. The van der Waals surface area contributed by atoms with Gasteiger partial charge in [-0.1, -0.05) is 35.9 Å². The Labute approximate surface area is 153 Å². The molecule has 0 spiro atoms. The number of hydrogen-bond donors (Lipinski definition) is 3. The number of hydrogen-bond acceptors (Lipinski definition) is 2. The fourth-order valence-corrected chi connectivity index (χ4v) is 3.58. The Morgan fingerprint density at radius 1 is 1.00 bits per heavy atom. The third-order valence-corrected chi connectivity index (χ3v) is 4.57. The molecule has 1 heterocycles. The predicted octanol–water partition coefficient (Wildman–Crippen LogP) is 3.88. The monoisotopic (exact) mass is 349 g/mol. The first-order valence-electron chi connectivity index (χ1n) is 8.59. The van der Waals surface area contributed by atoms with Gasteiger partial charge in [0.1, 0.15) is 0 Å². The molecule has 0 radical (unpaired) electrons. The fourth-order valence-electron chi connectivity index (χ4n) is 3.58. The lowest BCUT2D eigenvalue weighted by Gasteiger charge is -2.31. The summed E-state index contributed by atoms with van der Waals surface area (Å²) in [5.41, 5.74) is 6.00. The van der Waals surface area contributed by atoms with Crippen molar-refractivity contribution in [3.63, 3.8) is 0 Å². The summed E-state index contributed by atoms with van der Waals surface area (Å²) in [6.45, 7) is 7.80. The van der Waals surface area contributed by atoms with Gasteiger partial charge < -0.3 is 16.0 Å². The van der Waals surface area contributed by atoms with Gasteiger partial charge in [-0.2, -0.15) is 0 Å². The molecule has 0 saturated heterocycles. The molecule has 2 aromatic carbocycles. The Morgan fingerprint density at radius 3 is 2.23 bits per heavy atom. The first kappa shape index (κ1) is 17.7. The highest BCUT2D eigenvalue weighted by molar-refractivity contribution is 6.06. The average molecular weight is 349 g/mol. The molecular weight excluding hydrogens is 326 g/mol. The normalized spacial score (nSPS) is 16.8. The van der Waals surface area contributed by atoms with E-state index in [1.165, 1.54) is 0 Å². The third kappa shape index (κ3) is 3.47. The van der Waals surface area contributed by atoms with E-state index in [1.807, 2.05) is 51.1 Å². The Bertz CT molecular complexity index is 878. The zero-order valence-corrected chi connectivity index (χ0v) is 15.4. The Hall–Kier alpha value is -3.08. The maximum atomic E-state index is 13.0. The van der Waals surface area contributed by atoms with E-state index < -0.39 is 6.04 Å². The van der Waals surface area contributed by atoms with Gasteiger partial charge in [0, 0.05) is 11.4 Å². The number of carbonyl (C=O) groups excluding carboxylic acids is 2. The largest absolute Gasteiger partial charge is 0.327 e. The molecule has 1 aliphatic heterocycles. The van der Waals surface area contributed by atoms with Crippen LogP contribution in [0.2, 0.25) is 0 Å². The van der Waals surface area contributed by atoms with Crippen LogP contribution >= 0.6 is 0 Å². The second-order valence-electron chi connectivity index (χ2n) is 6.70. The molecule has 0 aliphatic carbocycles. The van der Waals surface area contributed by atoms with E-state index in [-0.39, 0.29) is 11.9 Å². The molecule has 3 rings (SSSR count). The molecule has 26 heavy (non-hydrogen) atoms. The number of anilines is 1. The van der Waals surface area contributed by atoms with Crippen molar-refractivity contribution in [2.45, 2.75) is 33.7 Å². The second-order valence-corrected chi connectivity index (χ2v) is 6.70. The van der Waals surface area contributed by atoms with Gasteiger partial charge in [0.15, 0.2) is 0 Å². The van der Waals surface area contributed by atoms with Crippen molar-refractivity contribution < 1.29 is 9.59 Å². The van der Waals surface area contributed by atoms with E-state index in [4.69, 9.17) is 0 Å². The van der Waals surface area contributed by atoms with Crippen molar-refractivity contribution in [1.29, 1.82) is 0 Å². The second kappa shape index (κ2) is 7.04. The Morgan fingerprint density at radius 2 is 1.62 bits per heavy atom. The van der Waals surface area contributed by atoms with Crippen molar-refractivity contribution in [2.75, 3.05) is 5.32 Å². The van der Waals surface area contributed by atoms with E-state index in [2.05, 4.69) is 28.1 Å². The smallest absolute Gasteiger partial charge is 0.319 e. The highest BCUT2D eigenvalue weighted by Crippen LogP contribution is 2.32. The number of allylic oxidation sites excluding steroid dienone is 1. The molecule has 1 atom stereocenters. The summed E-state index contributed by atoms with van der Waals surface area (Å²) in [7, 11) is 0. The predicted molar refractivity (Wildman–Crippen MR) is 103 cm³/mol. The van der Waals surface area contributed by atoms with Crippen LogP contribution < -0.4 is 16.0 Å². The molecule has 0 aromatic heterocycles. The summed E-state index contributed by atoms with van der Waals surface area (Å²) >= 11 is 0. The summed E-state index contributed by atoms with van der Waals surface area (Å²) < 4.78 is 0. The van der Waals surface area contributed by atoms with Crippen molar-refractivity contribution in [1.82, 2.24) is 10.6 Å². The molecule has 0 fully saturated rings. The maximum Gasteiger partial charge on any atom is 0.319 e. The van der Waals surface area contributed by atoms with Crippen LogP contribution in [-0.4, -0.2) is 11.9 Å². The first-order chi connectivity index (χ1) is 12.4. The topological polar surface area (TPSA) is 70.2 Å². The minimum absolute atomic E-state index is 0.231. The Kier molecular flexibility index (Phi) is 4.80. The Balaban J connectivity index is 2.04. The summed E-state index contributed by atoms with van der Waals surface area (Å²) in [6.07, 6.45) is 0. The maximum absolute atomic E-state index is 13.0. The van der Waals surface area contributed by atoms with Crippen molar-refractivity contribution in [2.24, 2.45) is 0 Å². The van der Waals surface area contributed by atoms with Gasteiger partial charge in [0.25, 0.3) is 5.91 Å². The summed E-state index contributed by atoms with van der Waals surface area (Å²) in [6, 6.07) is 12.6. The minimum Gasteiger partial charge on any atom is -0.327 e. The van der Waals surface area contributed by atoms with Crippen LogP contribution in [-0.2, 0) is 4.79 Å². The number of rotatable bonds is 3. The van der Waals surface area contributed by atoms with Crippen molar-refractivity contribution in [3.8, 4) is 0 Å². The van der Waals surface area contributed by atoms with Crippen LogP contribution in [0.5, 0.6) is 0 Å². The van der Waals surface area contributed by atoms with E-state index in [0.29, 0.717) is 17.0 Å². The third-order valence-electron chi connectivity index (χ3n) is 4.57. The van der Waals surface area contributed by atoms with Gasteiger partial charge in [0.05, 0.1) is 11.6 Å². The average Bonchev–Trinajstić information content (AvgIpc) is 2.54. The van der Waals surface area contributed by atoms with Crippen LogP contribution in [0.15, 0.2) is 53.7 Å². The van der Waals surface area contributed by atoms with Crippen molar-refractivity contribution >= 4 is 17.6 Å². The van der Waals surface area contributed by atoms with Gasteiger partial charge in [-0.25, -0.2) is 4.79 Å². The number of aryl methyl sites for hydroxylation is 3. The number of carbonyl (C=O) groups is 2. The van der Waals surface area contributed by atoms with Gasteiger partial charge in [-0.3, -0.25) is 4.79 Å². The lowest BCUT2D eigenvalue weighted by Crippen LogP contribution is -2.46. The van der Waals surface area contributed by atoms with E-state index in [9.17, 15) is 9.59 Å². The highest BCUT2D eigenvalue weighted by Gasteiger charge is 2.33. The molecule has 0 bridgehead atoms. The highest BCUT2D eigenvalue weighted by atomic mass is 16.2. The summed E-state index contributed by atoms with van der Waals surface area (Å²) in [5, 5.41) is 8.55. The standard InChI is InChI=1S/C21H23N3O2/c1-12-10-13(2)17(14(3)11-12)19-18(15(4)22-21(26)24-19)20(25)23-16-8-6-5-7-9-16/h5-11,19H,1-4H3,(H,23,25)(H2,22,24,26). The number of urea groups is 1. The van der Waals surface area contributed by atoms with Crippen LogP contribution in [0.4, 0.5) is 10.5 Å². The number of amides is 3. The lowest BCUT2D eigenvalue weighted by molar-refractivity contribution is -0.113. The molecule has 5 heteroatoms. The molecule has 3 amide bonds. The van der Waals surface area contributed by atoms with Gasteiger partial charge in [-0.05, 0) is 56.5 Å². The molecule has 0 saturated carbocycles. The van der Waals surface area contributed by atoms with Gasteiger partial charge in [-0.15, -0.1) is 0 Å². The van der Waals surface area contributed by atoms with Crippen LogP contribution in [0, 0.1) is 20.8 Å². The lowest BCUT2D eigenvalue weighted by atomic mass is 9.87. The molecule has 1 unspecified atom stereocenters. The molecule has 5 nitrogen and oxygen atoms in total. The molecule has 2 aromatic rings. The minimum atomic E-state index is -0.493. The van der Waals surface area contributed by atoms with E-state index >= 15 is 0 Å². The molecule has 1 aliphatic rings. The van der Waals surface area contributed by atoms with Crippen LogP contribution in [0.25, 0.3) is 0 Å². The molecule has 3 N–H and O–H groups in total. The fraction of sp³-hybridized carbons (Fsp3) is 0.238.